The summed E-state index contributed by atoms with van der Waals surface area (Å²) in [4.78, 5) is 38.0. The molecule has 6 nitrogen and oxygen atoms in total. The Morgan fingerprint density at radius 1 is 0.311 bits per heavy atom. The topological polar surface area (TPSA) is 78.9 Å². The minimum atomic E-state index is -0.766. The summed E-state index contributed by atoms with van der Waals surface area (Å²) < 4.78 is 16.8. The molecular formula is C55H104O6. The molecule has 0 spiro atoms. The maximum atomic E-state index is 12.8. The van der Waals surface area contributed by atoms with Crippen LogP contribution in [0.5, 0.6) is 0 Å². The van der Waals surface area contributed by atoms with Gasteiger partial charge in [-0.05, 0) is 44.9 Å². The molecule has 61 heavy (non-hydrogen) atoms. The molecule has 0 saturated heterocycles. The zero-order valence-electron chi connectivity index (χ0n) is 41.2. The Balaban J connectivity index is 4.28. The largest absolute Gasteiger partial charge is 0.462 e. The predicted molar refractivity (Wildman–Crippen MR) is 261 cm³/mol. The summed E-state index contributed by atoms with van der Waals surface area (Å²) in [7, 11) is 0. The van der Waals surface area contributed by atoms with Gasteiger partial charge in [0.2, 0.25) is 0 Å². The summed E-state index contributed by atoms with van der Waals surface area (Å²) in [5, 5.41) is 0. The van der Waals surface area contributed by atoms with E-state index in [-0.39, 0.29) is 31.1 Å². The minimum Gasteiger partial charge on any atom is -0.462 e. The van der Waals surface area contributed by atoms with Crippen LogP contribution < -0.4 is 0 Å². The molecule has 1 atom stereocenters. The number of allylic oxidation sites excluding steroid dienone is 2. The van der Waals surface area contributed by atoms with Gasteiger partial charge in [0.1, 0.15) is 13.2 Å². The Bertz CT molecular complexity index is 947. The van der Waals surface area contributed by atoms with Gasteiger partial charge >= 0.3 is 17.9 Å². The van der Waals surface area contributed by atoms with Crippen molar-refractivity contribution < 1.29 is 28.6 Å². The summed E-state index contributed by atoms with van der Waals surface area (Å²) in [5.74, 6) is -0.857. The van der Waals surface area contributed by atoms with Gasteiger partial charge in [0.25, 0.3) is 0 Å². The molecule has 0 amide bonds. The molecule has 6 heteroatoms. The Hall–Kier alpha value is -1.85. The van der Waals surface area contributed by atoms with Crippen LogP contribution in [0.15, 0.2) is 12.2 Å². The van der Waals surface area contributed by atoms with E-state index in [1.807, 2.05) is 0 Å². The first-order chi connectivity index (χ1) is 30.0. The molecule has 0 radical (unpaired) electrons. The first kappa shape index (κ1) is 59.1. The number of hydrogen-bond donors (Lipinski definition) is 0. The maximum absolute atomic E-state index is 12.8. The second kappa shape index (κ2) is 50.8. The summed E-state index contributed by atoms with van der Waals surface area (Å²) >= 11 is 0. The SMILES string of the molecule is CCCCCCCC/C=C\CCCCCCCC(=O)OC[C@H](COC(=O)CCCCCCCCCCCCCCCCCCC)OC(=O)CCCCCCCCCCCCC. The highest BCUT2D eigenvalue weighted by Crippen LogP contribution is 2.16. The van der Waals surface area contributed by atoms with Crippen LogP contribution in [-0.2, 0) is 28.6 Å². The molecule has 0 aromatic carbocycles. The van der Waals surface area contributed by atoms with E-state index in [1.165, 1.54) is 199 Å². The average Bonchev–Trinajstić information content (AvgIpc) is 3.26. The van der Waals surface area contributed by atoms with Crippen molar-refractivity contribution in [3.05, 3.63) is 12.2 Å². The molecule has 0 fully saturated rings. The number of ether oxygens (including phenoxy) is 3. The van der Waals surface area contributed by atoms with Gasteiger partial charge in [-0.25, -0.2) is 0 Å². The van der Waals surface area contributed by atoms with Crippen LogP contribution in [-0.4, -0.2) is 37.2 Å². The van der Waals surface area contributed by atoms with Crippen molar-refractivity contribution in [1.29, 1.82) is 0 Å². The first-order valence-electron chi connectivity index (χ1n) is 27.2. The second-order valence-corrected chi connectivity index (χ2v) is 18.5. The monoisotopic (exact) mass is 861 g/mol. The van der Waals surface area contributed by atoms with Gasteiger partial charge in [-0.3, -0.25) is 14.4 Å². The Morgan fingerprint density at radius 3 is 0.820 bits per heavy atom. The molecule has 0 aliphatic rings. The molecule has 360 valence electrons. The van der Waals surface area contributed by atoms with Gasteiger partial charge < -0.3 is 14.2 Å². The fourth-order valence-electron chi connectivity index (χ4n) is 8.14. The average molecular weight is 861 g/mol. The van der Waals surface area contributed by atoms with Crippen molar-refractivity contribution in [2.75, 3.05) is 13.2 Å². The van der Waals surface area contributed by atoms with Gasteiger partial charge in [-0.2, -0.15) is 0 Å². The number of carbonyl (C=O) groups is 3. The van der Waals surface area contributed by atoms with Crippen molar-refractivity contribution in [2.24, 2.45) is 0 Å². The smallest absolute Gasteiger partial charge is 0.306 e. The van der Waals surface area contributed by atoms with E-state index in [0.717, 1.165) is 64.2 Å². The first-order valence-corrected chi connectivity index (χ1v) is 27.2. The third-order valence-corrected chi connectivity index (χ3v) is 12.3. The Morgan fingerprint density at radius 2 is 0.541 bits per heavy atom. The van der Waals surface area contributed by atoms with Gasteiger partial charge in [0.15, 0.2) is 6.10 Å². The highest BCUT2D eigenvalue weighted by molar-refractivity contribution is 5.71. The van der Waals surface area contributed by atoms with Crippen LogP contribution in [0, 0.1) is 0 Å². The molecule has 0 unspecified atom stereocenters. The van der Waals surface area contributed by atoms with Crippen LogP contribution in [0.3, 0.4) is 0 Å². The molecule has 0 aliphatic heterocycles. The number of esters is 3. The zero-order chi connectivity index (χ0) is 44.4. The lowest BCUT2D eigenvalue weighted by molar-refractivity contribution is -0.167. The van der Waals surface area contributed by atoms with Gasteiger partial charge in [0.05, 0.1) is 0 Å². The van der Waals surface area contributed by atoms with Gasteiger partial charge in [-0.1, -0.05) is 251 Å². The quantitative estimate of drug-likeness (QED) is 0.0262. The number of carbonyl (C=O) groups excluding carboxylic acids is 3. The molecule has 0 aromatic rings. The van der Waals surface area contributed by atoms with Crippen molar-refractivity contribution >= 4 is 17.9 Å². The molecule has 0 aromatic heterocycles. The lowest BCUT2D eigenvalue weighted by Crippen LogP contribution is -2.30. The van der Waals surface area contributed by atoms with Crippen molar-refractivity contribution in [3.8, 4) is 0 Å². The van der Waals surface area contributed by atoms with Crippen LogP contribution >= 0.6 is 0 Å². The second-order valence-electron chi connectivity index (χ2n) is 18.5. The molecule has 0 saturated carbocycles. The van der Waals surface area contributed by atoms with E-state index in [0.29, 0.717) is 19.3 Å². The third kappa shape index (κ3) is 49.0. The van der Waals surface area contributed by atoms with Crippen LogP contribution in [0.4, 0.5) is 0 Å². The summed E-state index contributed by atoms with van der Waals surface area (Å²) in [6, 6.07) is 0. The van der Waals surface area contributed by atoms with E-state index in [2.05, 4.69) is 32.9 Å². The van der Waals surface area contributed by atoms with Crippen LogP contribution in [0.25, 0.3) is 0 Å². The molecule has 0 heterocycles. The molecule has 0 N–H and O–H groups in total. The third-order valence-electron chi connectivity index (χ3n) is 12.3. The Labute approximate surface area is 380 Å². The van der Waals surface area contributed by atoms with E-state index in [4.69, 9.17) is 14.2 Å². The Kier molecular flexibility index (Phi) is 49.3. The van der Waals surface area contributed by atoms with Crippen LogP contribution in [0.2, 0.25) is 0 Å². The van der Waals surface area contributed by atoms with E-state index < -0.39 is 6.10 Å². The van der Waals surface area contributed by atoms with Gasteiger partial charge in [0, 0.05) is 19.3 Å². The summed E-state index contributed by atoms with van der Waals surface area (Å²) in [6.45, 7) is 6.66. The van der Waals surface area contributed by atoms with E-state index in [1.54, 1.807) is 0 Å². The van der Waals surface area contributed by atoms with E-state index >= 15 is 0 Å². The highest BCUT2D eigenvalue weighted by atomic mass is 16.6. The van der Waals surface area contributed by atoms with Crippen molar-refractivity contribution in [1.82, 2.24) is 0 Å². The van der Waals surface area contributed by atoms with E-state index in [9.17, 15) is 14.4 Å². The predicted octanol–water partition coefficient (Wildman–Crippen LogP) is 17.8. The fraction of sp³-hybridized carbons (Fsp3) is 0.909. The van der Waals surface area contributed by atoms with Crippen molar-refractivity contribution in [2.45, 2.75) is 309 Å². The molecule has 0 bridgehead atoms. The van der Waals surface area contributed by atoms with Crippen LogP contribution in [0.1, 0.15) is 303 Å². The standard InChI is InChI=1S/C55H104O6/c1-4-7-10-13-16-19-22-24-26-27-29-31-34-36-39-42-45-48-54(57)60-51-52(61-55(58)49-46-43-40-37-32-21-18-15-12-9-6-3)50-59-53(56)47-44-41-38-35-33-30-28-25-23-20-17-14-11-8-5-2/h25,28,52H,4-24,26-27,29-51H2,1-3H3/b28-25-/t52-/m1/s1. The summed E-state index contributed by atoms with van der Waals surface area (Å²) in [6.07, 6.45) is 56.2. The lowest BCUT2D eigenvalue weighted by Gasteiger charge is -2.18. The maximum Gasteiger partial charge on any atom is 0.306 e. The molecular weight excluding hydrogens is 757 g/mol. The molecule has 0 rings (SSSR count). The highest BCUT2D eigenvalue weighted by Gasteiger charge is 2.19. The minimum absolute atomic E-state index is 0.0670. The molecule has 0 aliphatic carbocycles. The zero-order valence-corrected chi connectivity index (χ0v) is 41.2. The van der Waals surface area contributed by atoms with Gasteiger partial charge in [-0.15, -0.1) is 0 Å². The van der Waals surface area contributed by atoms with Crippen molar-refractivity contribution in [3.63, 3.8) is 0 Å². The fourth-order valence-corrected chi connectivity index (χ4v) is 8.14. The number of hydrogen-bond acceptors (Lipinski definition) is 6. The normalized spacial score (nSPS) is 12.0. The number of unbranched alkanes of at least 4 members (excludes halogenated alkanes) is 37. The summed E-state index contributed by atoms with van der Waals surface area (Å²) in [5.41, 5.74) is 0. The number of rotatable bonds is 50. The lowest BCUT2D eigenvalue weighted by atomic mass is 10.0.